The number of amides is 2. The van der Waals surface area contributed by atoms with Crippen LogP contribution in [0.5, 0.6) is 0 Å². The van der Waals surface area contributed by atoms with Crippen LogP contribution in [0.25, 0.3) is 0 Å². The molecular weight excluding hydrogens is 304 g/mol. The average Bonchev–Trinajstić information content (AvgIpc) is 2.48. The molecule has 1 saturated heterocycles. The Bertz CT molecular complexity index is 621. The van der Waals surface area contributed by atoms with E-state index in [1.165, 1.54) is 0 Å². The average molecular weight is 332 g/mol. The summed E-state index contributed by atoms with van der Waals surface area (Å²) in [7, 11) is 0. The Balaban J connectivity index is 2.12. The zero-order valence-electron chi connectivity index (χ0n) is 15.5. The molecule has 2 rings (SSSR count). The summed E-state index contributed by atoms with van der Waals surface area (Å²) in [5.74, 6) is 0.0243. The van der Waals surface area contributed by atoms with Crippen LogP contribution in [0.15, 0.2) is 24.3 Å². The van der Waals surface area contributed by atoms with Gasteiger partial charge in [0.25, 0.3) is 5.91 Å². The minimum absolute atomic E-state index is 0.0243. The quantitative estimate of drug-likeness (QED) is 0.791. The third-order valence-corrected chi connectivity index (χ3v) is 4.53. The second-order valence-corrected chi connectivity index (χ2v) is 7.47. The molecule has 0 unspecified atom stereocenters. The summed E-state index contributed by atoms with van der Waals surface area (Å²) in [6.45, 7) is 12.5. The summed E-state index contributed by atoms with van der Waals surface area (Å²) >= 11 is 0. The first-order valence-corrected chi connectivity index (χ1v) is 8.48. The molecular formula is C19H28N2O3. The second-order valence-electron chi connectivity index (χ2n) is 7.47. The van der Waals surface area contributed by atoms with E-state index in [4.69, 9.17) is 4.74 Å². The number of aryl methyl sites for hydroxylation is 1. The third-order valence-electron chi connectivity index (χ3n) is 4.53. The maximum absolute atomic E-state index is 12.9. The highest BCUT2D eigenvalue weighted by Crippen LogP contribution is 2.22. The summed E-state index contributed by atoms with van der Waals surface area (Å²) in [4.78, 5) is 28.8. The van der Waals surface area contributed by atoms with Crippen molar-refractivity contribution in [2.24, 2.45) is 0 Å². The van der Waals surface area contributed by atoms with E-state index in [0.29, 0.717) is 13.1 Å². The Hall–Kier alpha value is -2.04. The molecule has 5 heteroatoms. The standard InChI is InChI=1S/C19H28N2O3/c1-13-9-7-8-10-16(13)17(22)20-11-12-21(15(3)14(20)2)18(23)24-19(4,5)6/h7-10,14-15H,11-12H2,1-6H3/t14-,15+/m1/s1. The van der Waals surface area contributed by atoms with E-state index in [1.54, 1.807) is 4.90 Å². The first-order valence-electron chi connectivity index (χ1n) is 8.48. The van der Waals surface area contributed by atoms with Gasteiger partial charge in [0, 0.05) is 24.7 Å². The largest absolute Gasteiger partial charge is 0.444 e. The first-order chi connectivity index (χ1) is 11.1. The summed E-state index contributed by atoms with van der Waals surface area (Å²) in [6, 6.07) is 7.44. The van der Waals surface area contributed by atoms with Crippen molar-refractivity contribution in [3.8, 4) is 0 Å². The van der Waals surface area contributed by atoms with Crippen molar-refractivity contribution < 1.29 is 14.3 Å². The molecule has 1 fully saturated rings. The molecule has 0 saturated carbocycles. The normalized spacial score (nSPS) is 21.6. The molecule has 2 amide bonds. The molecule has 1 heterocycles. The van der Waals surface area contributed by atoms with Gasteiger partial charge in [-0.2, -0.15) is 0 Å². The minimum atomic E-state index is -0.520. The third kappa shape index (κ3) is 3.89. The van der Waals surface area contributed by atoms with E-state index in [-0.39, 0.29) is 24.1 Å². The van der Waals surface area contributed by atoms with Crippen LogP contribution in [0.3, 0.4) is 0 Å². The van der Waals surface area contributed by atoms with Gasteiger partial charge in [0.05, 0.1) is 6.04 Å². The van der Waals surface area contributed by atoms with Crippen LogP contribution in [0.2, 0.25) is 0 Å². The number of benzene rings is 1. The predicted octanol–water partition coefficient (Wildman–Crippen LogP) is 3.46. The summed E-state index contributed by atoms with van der Waals surface area (Å²) in [5, 5.41) is 0. The van der Waals surface area contributed by atoms with Crippen LogP contribution in [0.1, 0.15) is 50.5 Å². The molecule has 0 radical (unpaired) electrons. The molecule has 2 atom stereocenters. The SMILES string of the molecule is Cc1ccccc1C(=O)N1CCN(C(=O)OC(C)(C)C)[C@@H](C)[C@H]1C. The van der Waals surface area contributed by atoms with E-state index >= 15 is 0 Å². The monoisotopic (exact) mass is 332 g/mol. The number of piperazine rings is 1. The Morgan fingerprint density at radius 3 is 2.17 bits per heavy atom. The van der Waals surface area contributed by atoms with Gasteiger partial charge in [0.15, 0.2) is 0 Å². The highest BCUT2D eigenvalue weighted by Gasteiger charge is 2.37. The van der Waals surface area contributed by atoms with E-state index in [1.807, 2.05) is 70.7 Å². The molecule has 24 heavy (non-hydrogen) atoms. The molecule has 1 aliphatic heterocycles. The maximum atomic E-state index is 12.9. The lowest BCUT2D eigenvalue weighted by Gasteiger charge is -2.45. The predicted molar refractivity (Wildman–Crippen MR) is 94.1 cm³/mol. The number of rotatable bonds is 1. The molecule has 0 aromatic heterocycles. The molecule has 132 valence electrons. The van der Waals surface area contributed by atoms with Gasteiger partial charge in [-0.05, 0) is 53.2 Å². The van der Waals surface area contributed by atoms with Crippen molar-refractivity contribution in [3.63, 3.8) is 0 Å². The summed E-state index contributed by atoms with van der Waals surface area (Å²) in [6.07, 6.45) is -0.315. The van der Waals surface area contributed by atoms with Crippen LogP contribution in [-0.4, -0.2) is 52.6 Å². The smallest absolute Gasteiger partial charge is 0.410 e. The fourth-order valence-corrected chi connectivity index (χ4v) is 2.98. The maximum Gasteiger partial charge on any atom is 0.410 e. The van der Waals surface area contributed by atoms with E-state index < -0.39 is 5.60 Å². The Labute approximate surface area is 144 Å². The van der Waals surface area contributed by atoms with Crippen LogP contribution >= 0.6 is 0 Å². The number of ether oxygens (including phenoxy) is 1. The highest BCUT2D eigenvalue weighted by molar-refractivity contribution is 5.96. The molecule has 0 bridgehead atoms. The second kappa shape index (κ2) is 6.83. The van der Waals surface area contributed by atoms with Crippen LogP contribution in [0, 0.1) is 6.92 Å². The molecule has 0 aliphatic carbocycles. The van der Waals surface area contributed by atoms with Gasteiger partial charge in [0.2, 0.25) is 0 Å². The molecule has 1 aromatic rings. The van der Waals surface area contributed by atoms with Gasteiger partial charge in [-0.3, -0.25) is 4.79 Å². The first kappa shape index (κ1) is 18.3. The fraction of sp³-hybridized carbons (Fsp3) is 0.579. The summed E-state index contributed by atoms with van der Waals surface area (Å²) in [5.41, 5.74) is 1.17. The van der Waals surface area contributed by atoms with Crippen molar-refractivity contribution in [2.75, 3.05) is 13.1 Å². The van der Waals surface area contributed by atoms with Crippen LogP contribution in [0.4, 0.5) is 4.79 Å². The van der Waals surface area contributed by atoms with Crippen molar-refractivity contribution in [1.82, 2.24) is 9.80 Å². The molecule has 0 N–H and O–H groups in total. The van der Waals surface area contributed by atoms with E-state index in [9.17, 15) is 9.59 Å². The van der Waals surface area contributed by atoms with Crippen molar-refractivity contribution >= 4 is 12.0 Å². The number of hydrogen-bond donors (Lipinski definition) is 0. The zero-order chi connectivity index (χ0) is 18.1. The zero-order valence-corrected chi connectivity index (χ0v) is 15.5. The van der Waals surface area contributed by atoms with Crippen LogP contribution in [-0.2, 0) is 4.74 Å². The number of carbonyl (C=O) groups excluding carboxylic acids is 2. The molecule has 1 aromatic carbocycles. The fourth-order valence-electron chi connectivity index (χ4n) is 2.98. The summed E-state index contributed by atoms with van der Waals surface area (Å²) < 4.78 is 5.48. The van der Waals surface area contributed by atoms with Crippen molar-refractivity contribution in [2.45, 2.75) is 59.2 Å². The van der Waals surface area contributed by atoms with Gasteiger partial charge in [0.1, 0.15) is 5.60 Å². The van der Waals surface area contributed by atoms with E-state index in [0.717, 1.165) is 11.1 Å². The number of hydrogen-bond acceptors (Lipinski definition) is 3. The van der Waals surface area contributed by atoms with E-state index in [2.05, 4.69) is 0 Å². The molecule has 1 aliphatic rings. The van der Waals surface area contributed by atoms with Gasteiger partial charge in [-0.1, -0.05) is 18.2 Å². The van der Waals surface area contributed by atoms with Crippen molar-refractivity contribution in [3.05, 3.63) is 35.4 Å². The van der Waals surface area contributed by atoms with Crippen LogP contribution < -0.4 is 0 Å². The highest BCUT2D eigenvalue weighted by atomic mass is 16.6. The Morgan fingerprint density at radius 1 is 1.04 bits per heavy atom. The molecule has 5 nitrogen and oxygen atoms in total. The topological polar surface area (TPSA) is 49.9 Å². The number of carbonyl (C=O) groups is 2. The van der Waals surface area contributed by atoms with Gasteiger partial charge in [-0.25, -0.2) is 4.79 Å². The van der Waals surface area contributed by atoms with Gasteiger partial charge < -0.3 is 14.5 Å². The van der Waals surface area contributed by atoms with Gasteiger partial charge >= 0.3 is 6.09 Å². The van der Waals surface area contributed by atoms with Gasteiger partial charge in [-0.15, -0.1) is 0 Å². The lowest BCUT2D eigenvalue weighted by molar-refractivity contribution is -0.0101. The lowest BCUT2D eigenvalue weighted by Crippen LogP contribution is -2.60. The Morgan fingerprint density at radius 2 is 1.58 bits per heavy atom. The number of nitrogens with zero attached hydrogens (tertiary/aromatic N) is 2. The van der Waals surface area contributed by atoms with Crippen molar-refractivity contribution in [1.29, 1.82) is 0 Å². The Kier molecular flexibility index (Phi) is 5.21. The lowest BCUT2D eigenvalue weighted by atomic mass is 10.0. The minimum Gasteiger partial charge on any atom is -0.444 e. The molecule has 0 spiro atoms.